The molecule has 1 aromatic carbocycles. The Morgan fingerprint density at radius 3 is 2.67 bits per heavy atom. The zero-order valence-electron chi connectivity index (χ0n) is 13.0. The van der Waals surface area contributed by atoms with Crippen molar-refractivity contribution in [1.29, 1.82) is 0 Å². The lowest BCUT2D eigenvalue weighted by Gasteiger charge is -2.18. The van der Waals surface area contributed by atoms with Gasteiger partial charge >= 0.3 is 0 Å². The van der Waals surface area contributed by atoms with Gasteiger partial charge in [-0.3, -0.25) is 4.90 Å². The normalized spacial score (nSPS) is 19.1. The summed E-state index contributed by atoms with van der Waals surface area (Å²) in [5.74, 6) is 2.56. The molecule has 4 heteroatoms. The third-order valence-electron chi connectivity index (χ3n) is 4.23. The second-order valence-corrected chi connectivity index (χ2v) is 6.75. The van der Waals surface area contributed by atoms with Crippen LogP contribution in [0, 0.1) is 11.8 Å². The molecule has 1 unspecified atom stereocenters. The van der Waals surface area contributed by atoms with Crippen LogP contribution in [-0.4, -0.2) is 36.1 Å². The minimum atomic E-state index is 0.525. The molecule has 1 heterocycles. The molecule has 0 aliphatic carbocycles. The molecule has 2 N–H and O–H groups in total. The Bertz CT molecular complexity index is 458. The van der Waals surface area contributed by atoms with Crippen molar-refractivity contribution < 1.29 is 4.74 Å². The zero-order valence-corrected chi connectivity index (χ0v) is 13.9. The molecular weight excluding hydrogens is 280 g/mol. The highest BCUT2D eigenvalue weighted by molar-refractivity contribution is 7.80. The maximum Gasteiger partial charge on any atom is 0.119 e. The highest BCUT2D eigenvalue weighted by atomic mass is 32.1. The fourth-order valence-electron chi connectivity index (χ4n) is 2.81. The molecule has 1 fully saturated rings. The summed E-state index contributed by atoms with van der Waals surface area (Å²) in [6.07, 6.45) is 1.98. The molecule has 0 saturated carbocycles. The molecule has 0 spiro atoms. The lowest BCUT2D eigenvalue weighted by Crippen LogP contribution is -2.27. The van der Waals surface area contributed by atoms with E-state index in [1.807, 2.05) is 24.3 Å². The standard InChI is InChI=1S/C17H26N2OS/c1-13(2)15-7-8-19(12-15)9-10-20-16-5-3-14(4-6-16)11-17(18)21/h3-6,13,15H,7-12H2,1-2H3,(H2,18,21). The number of ether oxygens (including phenoxy) is 1. The average Bonchev–Trinajstić information content (AvgIpc) is 2.89. The number of rotatable bonds is 7. The van der Waals surface area contributed by atoms with Gasteiger partial charge in [-0.15, -0.1) is 0 Å². The number of likely N-dealkylation sites (tertiary alicyclic amines) is 1. The van der Waals surface area contributed by atoms with Crippen molar-refractivity contribution in [2.75, 3.05) is 26.2 Å². The van der Waals surface area contributed by atoms with Crippen LogP contribution in [0.25, 0.3) is 0 Å². The lowest BCUT2D eigenvalue weighted by atomic mass is 9.95. The van der Waals surface area contributed by atoms with Crippen LogP contribution in [0.2, 0.25) is 0 Å². The number of nitrogens with zero attached hydrogens (tertiary/aromatic N) is 1. The predicted octanol–water partition coefficient (Wildman–Crippen LogP) is 2.87. The van der Waals surface area contributed by atoms with Gasteiger partial charge < -0.3 is 10.5 Å². The third kappa shape index (κ3) is 5.29. The highest BCUT2D eigenvalue weighted by Crippen LogP contribution is 2.23. The monoisotopic (exact) mass is 306 g/mol. The van der Waals surface area contributed by atoms with E-state index < -0.39 is 0 Å². The van der Waals surface area contributed by atoms with E-state index in [2.05, 4.69) is 18.7 Å². The van der Waals surface area contributed by atoms with E-state index in [0.717, 1.165) is 36.3 Å². The molecular formula is C17H26N2OS. The first-order valence-corrected chi connectivity index (χ1v) is 8.18. The molecule has 0 amide bonds. The van der Waals surface area contributed by atoms with Gasteiger partial charge in [-0.25, -0.2) is 0 Å². The number of hydrogen-bond donors (Lipinski definition) is 1. The molecule has 2 rings (SSSR count). The molecule has 3 nitrogen and oxygen atoms in total. The van der Waals surface area contributed by atoms with Gasteiger partial charge in [0.25, 0.3) is 0 Å². The lowest BCUT2D eigenvalue weighted by molar-refractivity contribution is 0.227. The molecule has 116 valence electrons. The van der Waals surface area contributed by atoms with Gasteiger partial charge in [0.15, 0.2) is 0 Å². The van der Waals surface area contributed by atoms with Crippen LogP contribution in [0.4, 0.5) is 0 Å². The van der Waals surface area contributed by atoms with Crippen LogP contribution >= 0.6 is 12.2 Å². The van der Waals surface area contributed by atoms with E-state index in [0.29, 0.717) is 11.4 Å². The van der Waals surface area contributed by atoms with E-state index >= 15 is 0 Å². The Hall–Kier alpha value is -1.13. The summed E-state index contributed by atoms with van der Waals surface area (Å²) in [6.45, 7) is 8.82. The van der Waals surface area contributed by atoms with Crippen LogP contribution in [-0.2, 0) is 6.42 Å². The topological polar surface area (TPSA) is 38.5 Å². The van der Waals surface area contributed by atoms with Crippen molar-refractivity contribution in [3.63, 3.8) is 0 Å². The molecule has 0 aromatic heterocycles. The number of hydrogen-bond acceptors (Lipinski definition) is 3. The second-order valence-electron chi connectivity index (χ2n) is 6.23. The van der Waals surface area contributed by atoms with Crippen LogP contribution in [0.5, 0.6) is 5.75 Å². The summed E-state index contributed by atoms with van der Waals surface area (Å²) < 4.78 is 5.82. The van der Waals surface area contributed by atoms with Crippen molar-refractivity contribution in [3.8, 4) is 5.75 Å². The van der Waals surface area contributed by atoms with Crippen molar-refractivity contribution in [2.24, 2.45) is 17.6 Å². The van der Waals surface area contributed by atoms with Gasteiger partial charge in [0.1, 0.15) is 12.4 Å². The summed E-state index contributed by atoms with van der Waals surface area (Å²) in [4.78, 5) is 3.03. The van der Waals surface area contributed by atoms with Gasteiger partial charge in [-0.05, 0) is 42.5 Å². The SMILES string of the molecule is CC(C)C1CCN(CCOc2ccc(CC(N)=S)cc2)C1. The van der Waals surface area contributed by atoms with Crippen LogP contribution in [0.1, 0.15) is 25.8 Å². The minimum absolute atomic E-state index is 0.525. The van der Waals surface area contributed by atoms with Crippen LogP contribution < -0.4 is 10.5 Å². The maximum atomic E-state index is 5.82. The summed E-state index contributed by atoms with van der Waals surface area (Å²) in [7, 11) is 0. The Morgan fingerprint density at radius 1 is 1.38 bits per heavy atom. The fraction of sp³-hybridized carbons (Fsp3) is 0.588. The molecule has 1 aliphatic rings. The van der Waals surface area contributed by atoms with Gasteiger partial charge in [0, 0.05) is 19.5 Å². The Balaban J connectivity index is 1.70. The van der Waals surface area contributed by atoms with Crippen LogP contribution in [0.3, 0.4) is 0 Å². The molecule has 1 atom stereocenters. The van der Waals surface area contributed by atoms with Gasteiger partial charge in [0.05, 0.1) is 4.99 Å². The number of nitrogens with two attached hydrogens (primary N) is 1. The Labute approximate surface area is 133 Å². The van der Waals surface area contributed by atoms with Crippen molar-refractivity contribution in [1.82, 2.24) is 4.90 Å². The third-order valence-corrected chi connectivity index (χ3v) is 4.37. The first-order valence-electron chi connectivity index (χ1n) is 7.77. The van der Waals surface area contributed by atoms with Crippen LogP contribution in [0.15, 0.2) is 24.3 Å². The summed E-state index contributed by atoms with van der Waals surface area (Å²) in [5.41, 5.74) is 6.67. The molecule has 1 aromatic rings. The first-order chi connectivity index (χ1) is 10.0. The molecule has 0 radical (unpaired) electrons. The van der Waals surface area contributed by atoms with E-state index in [1.165, 1.54) is 19.5 Å². The highest BCUT2D eigenvalue weighted by Gasteiger charge is 2.24. The van der Waals surface area contributed by atoms with E-state index in [4.69, 9.17) is 22.7 Å². The minimum Gasteiger partial charge on any atom is -0.492 e. The van der Waals surface area contributed by atoms with Crippen molar-refractivity contribution in [2.45, 2.75) is 26.7 Å². The molecule has 1 saturated heterocycles. The van der Waals surface area contributed by atoms with Crippen molar-refractivity contribution in [3.05, 3.63) is 29.8 Å². The van der Waals surface area contributed by atoms with Gasteiger partial charge in [0.2, 0.25) is 0 Å². The molecule has 21 heavy (non-hydrogen) atoms. The Kier molecular flexibility index (Phi) is 6.00. The van der Waals surface area contributed by atoms with Gasteiger partial charge in [-0.1, -0.05) is 38.2 Å². The molecule has 0 bridgehead atoms. The first kappa shape index (κ1) is 16.2. The fourth-order valence-corrected chi connectivity index (χ4v) is 2.97. The van der Waals surface area contributed by atoms with E-state index in [-0.39, 0.29) is 0 Å². The zero-order chi connectivity index (χ0) is 15.2. The average molecular weight is 306 g/mol. The largest absolute Gasteiger partial charge is 0.492 e. The van der Waals surface area contributed by atoms with Crippen molar-refractivity contribution >= 4 is 17.2 Å². The summed E-state index contributed by atoms with van der Waals surface area (Å²) in [6, 6.07) is 8.04. The maximum absolute atomic E-state index is 5.82. The number of thiocarbonyl (C=S) groups is 1. The molecule has 1 aliphatic heterocycles. The number of benzene rings is 1. The second kappa shape index (κ2) is 7.76. The summed E-state index contributed by atoms with van der Waals surface area (Å²) >= 11 is 4.91. The quantitative estimate of drug-likeness (QED) is 0.786. The smallest absolute Gasteiger partial charge is 0.119 e. The predicted molar refractivity (Wildman–Crippen MR) is 91.8 cm³/mol. The van der Waals surface area contributed by atoms with E-state index in [9.17, 15) is 0 Å². The van der Waals surface area contributed by atoms with Gasteiger partial charge in [-0.2, -0.15) is 0 Å². The Morgan fingerprint density at radius 2 is 2.10 bits per heavy atom. The summed E-state index contributed by atoms with van der Waals surface area (Å²) in [5, 5.41) is 0. The van der Waals surface area contributed by atoms with E-state index in [1.54, 1.807) is 0 Å².